The standard InChI is InChI=1S/C27H32N4O4.C18H22N2O4.C14H19ClN2O2.C14H19NO3.C13H14N2O2.C4H5NO2/c32-23(5-7-26(33)20-8-10-29-27(13-20)30-22-2-1-3-22)16-31-11-9-19-12-24(6-4-21(19)15-31)34-17-25-14-28-18-35-25;1-18(2,3)24-17(21)20-7-6-13-8-15(5-4-14(13)10-20)22-11-16-9-19-12-23-16;15-9-12(18)4-5-13(19)10-6-7-16-14(8-10)17-11-2-1-3-11;1-14(2,3)18-13(17)15-7-6-10-8-12(16)5-4-11(10)9-15;1-2-12(16-8-13-7-15-9-17-13)5-10-3-4-14-6-11(1)10;6-2-4-1-5-3-7-4/h4,6,8,10,12-14,18,22-23,32H,1-3,5,7,9,11,15-17H2,(H,29,30);4-5,8-9,12H,6-7,10-11H2,1-3H3;6-8,11-12,18H,1-5,9H2,(H,16,17);4-5,8,16H,6-7,9H2,1-3H3;1-2,5,7,9,14H,3-4,6,8H2;1,3,6H,2H2/t23-;;12-;;;/m0.0.../s1. The molecule has 0 bridgehead atoms. The largest absolute Gasteiger partial charge is 0.508 e. The fourth-order valence-corrected chi connectivity index (χ4v) is 13.6. The van der Waals surface area contributed by atoms with Gasteiger partial charge >= 0.3 is 12.2 Å². The van der Waals surface area contributed by atoms with Crippen molar-refractivity contribution in [1.82, 2.24) is 49.9 Å². The lowest BCUT2D eigenvalue weighted by Gasteiger charge is -2.31. The number of fused-ring (bicyclic) bond motifs is 4. The van der Waals surface area contributed by atoms with Gasteiger partial charge in [-0.05, 0) is 242 Å². The highest BCUT2D eigenvalue weighted by Gasteiger charge is 2.29. The minimum absolute atomic E-state index is 0.0169. The lowest BCUT2D eigenvalue weighted by atomic mass is 9.93. The third-order valence-corrected chi connectivity index (χ3v) is 20.8. The molecule has 0 spiro atoms. The van der Waals surface area contributed by atoms with Crippen molar-refractivity contribution >= 4 is 47.0 Å². The Bertz CT molecular complexity index is 4820. The number of ketones is 2. The summed E-state index contributed by atoms with van der Waals surface area (Å²) in [5, 5.41) is 47.7. The third kappa shape index (κ3) is 29.4. The number of oxazole rings is 4. The van der Waals surface area contributed by atoms with Crippen LogP contribution >= 0.6 is 11.6 Å². The van der Waals surface area contributed by atoms with E-state index in [9.17, 15) is 34.5 Å². The van der Waals surface area contributed by atoms with Crippen molar-refractivity contribution in [3.05, 3.63) is 238 Å². The van der Waals surface area contributed by atoms with Gasteiger partial charge in [-0.3, -0.25) is 14.5 Å². The lowest BCUT2D eigenvalue weighted by molar-refractivity contribution is 0.0213. The van der Waals surface area contributed by atoms with Gasteiger partial charge in [0.05, 0.1) is 37.0 Å². The van der Waals surface area contributed by atoms with Crippen LogP contribution in [-0.4, -0.2) is 163 Å². The van der Waals surface area contributed by atoms with E-state index < -0.39 is 23.4 Å². The maximum absolute atomic E-state index is 12.7. The van der Waals surface area contributed by atoms with Crippen molar-refractivity contribution in [2.75, 3.05) is 49.2 Å². The van der Waals surface area contributed by atoms with Crippen LogP contribution in [0.3, 0.4) is 0 Å². The lowest BCUT2D eigenvalue weighted by Crippen LogP contribution is -2.39. The molecule has 2 amide bonds. The van der Waals surface area contributed by atoms with Crippen LogP contribution in [0.1, 0.15) is 194 Å². The Hall–Kier alpha value is -11.2. The van der Waals surface area contributed by atoms with Crippen LogP contribution in [0.5, 0.6) is 23.0 Å². The zero-order valence-corrected chi connectivity index (χ0v) is 69.9. The molecule has 4 aromatic carbocycles. The minimum atomic E-state index is -0.611. The van der Waals surface area contributed by atoms with E-state index in [1.165, 1.54) is 85.3 Å². The summed E-state index contributed by atoms with van der Waals surface area (Å²) in [7, 11) is 0. The van der Waals surface area contributed by atoms with Gasteiger partial charge in [0.2, 0.25) is 0 Å². The molecule has 0 radical (unpaired) electrons. The van der Waals surface area contributed by atoms with Crippen molar-refractivity contribution in [3.8, 4) is 23.0 Å². The summed E-state index contributed by atoms with van der Waals surface area (Å²) < 4.78 is 48.1. The average molecular weight is 1670 g/mol. The minimum Gasteiger partial charge on any atom is -0.508 e. The number of amides is 2. The third-order valence-electron chi connectivity index (χ3n) is 20.4. The van der Waals surface area contributed by atoms with Crippen molar-refractivity contribution in [1.29, 1.82) is 0 Å². The van der Waals surface area contributed by atoms with E-state index in [0.29, 0.717) is 119 Å². The number of carbonyl (C=O) groups is 4. The first kappa shape index (κ1) is 89.6. The summed E-state index contributed by atoms with van der Waals surface area (Å²) in [4.78, 5) is 78.2. The fraction of sp³-hybridized carbons (Fsp3) is 0.444. The average Bonchev–Trinajstić information content (AvgIpc) is 0.931. The molecule has 6 aliphatic rings. The van der Waals surface area contributed by atoms with Crippen LogP contribution < -0.4 is 30.2 Å². The number of nitrogens with one attached hydrogen (secondary N) is 3. The zero-order chi connectivity index (χ0) is 84.8. The molecule has 10 heterocycles. The summed E-state index contributed by atoms with van der Waals surface area (Å²) in [5.74, 6) is 7.13. The molecule has 120 heavy (non-hydrogen) atoms. The second kappa shape index (κ2) is 44.7. The van der Waals surface area contributed by atoms with Gasteiger partial charge in [0.15, 0.2) is 54.4 Å². The van der Waals surface area contributed by atoms with Crippen LogP contribution in [-0.2, 0) is 87.8 Å². The Balaban J connectivity index is 0.000000147. The van der Waals surface area contributed by atoms with Crippen molar-refractivity contribution < 1.29 is 81.0 Å². The number of alkyl halides is 1. The number of phenols is 1. The monoisotopic (exact) mass is 1670 g/mol. The smallest absolute Gasteiger partial charge is 0.410 e. The fourth-order valence-electron chi connectivity index (χ4n) is 13.5. The summed E-state index contributed by atoms with van der Waals surface area (Å²) in [6.45, 7) is 18.9. The number of hydrogen-bond acceptors (Lipinski definition) is 27. The Labute approximate surface area is 704 Å². The van der Waals surface area contributed by atoms with Gasteiger partial charge in [0, 0.05) is 107 Å². The number of halogens is 1. The van der Waals surface area contributed by atoms with Gasteiger partial charge in [-0.1, -0.05) is 24.3 Å². The molecule has 10 aromatic rings. The highest BCUT2D eigenvalue weighted by molar-refractivity contribution is 6.18. The van der Waals surface area contributed by atoms with E-state index in [1.807, 2.05) is 84.0 Å². The van der Waals surface area contributed by atoms with Crippen molar-refractivity contribution in [3.63, 3.8) is 0 Å². The molecule has 16 rings (SSSR count). The molecule has 640 valence electrons. The number of pyridine rings is 2. The Morgan fingerprint density at radius 2 is 0.933 bits per heavy atom. The van der Waals surface area contributed by atoms with Gasteiger partial charge < -0.3 is 87.5 Å². The van der Waals surface area contributed by atoms with Gasteiger partial charge in [-0.2, -0.15) is 0 Å². The summed E-state index contributed by atoms with van der Waals surface area (Å²) in [6, 6.07) is 31.7. The van der Waals surface area contributed by atoms with E-state index >= 15 is 0 Å². The molecule has 0 unspecified atom stereocenters. The van der Waals surface area contributed by atoms with E-state index in [-0.39, 0.29) is 42.0 Å². The second-order valence-corrected chi connectivity index (χ2v) is 32.5. The molecule has 30 heteroatoms. The van der Waals surface area contributed by atoms with Gasteiger partial charge in [-0.25, -0.2) is 39.5 Å². The van der Waals surface area contributed by atoms with Crippen molar-refractivity contribution in [2.45, 2.75) is 220 Å². The van der Waals surface area contributed by atoms with E-state index in [4.69, 9.17) is 53.6 Å². The molecular formula is C90H111ClN12O17. The number of aliphatic hydroxyl groups is 3. The maximum atomic E-state index is 12.7. The van der Waals surface area contributed by atoms with Crippen LogP contribution in [0.2, 0.25) is 0 Å². The van der Waals surface area contributed by atoms with E-state index in [2.05, 4.69) is 79.4 Å². The number of aliphatic hydroxyl groups excluding tert-OH is 3. The summed E-state index contributed by atoms with van der Waals surface area (Å²) in [5.41, 5.74) is 10.1. The molecular weight excluding hydrogens is 1560 g/mol. The van der Waals surface area contributed by atoms with Crippen LogP contribution in [0.4, 0.5) is 21.2 Å². The predicted octanol–water partition coefficient (Wildman–Crippen LogP) is 14.9. The number of anilines is 2. The van der Waals surface area contributed by atoms with E-state index in [0.717, 1.165) is 116 Å². The number of aromatic nitrogens is 6. The molecule has 29 nitrogen and oxygen atoms in total. The molecule has 2 aliphatic carbocycles. The van der Waals surface area contributed by atoms with E-state index in [1.54, 1.807) is 71.1 Å². The zero-order valence-electron chi connectivity index (χ0n) is 69.1. The highest BCUT2D eigenvalue weighted by Crippen LogP contribution is 2.31. The van der Waals surface area contributed by atoms with Gasteiger partial charge in [-0.15, -0.1) is 11.6 Å². The van der Waals surface area contributed by atoms with Crippen molar-refractivity contribution in [2.24, 2.45) is 0 Å². The number of rotatable bonds is 25. The number of Topliss-reactive ketones (excluding diaryl/α,β-unsaturated/α-hetero) is 2. The number of aromatic hydroxyl groups is 1. The highest BCUT2D eigenvalue weighted by atomic mass is 35.5. The van der Waals surface area contributed by atoms with Crippen LogP contribution in [0, 0.1) is 0 Å². The first-order valence-corrected chi connectivity index (χ1v) is 41.4. The van der Waals surface area contributed by atoms with Gasteiger partial charge in [0.25, 0.3) is 0 Å². The Morgan fingerprint density at radius 1 is 0.517 bits per heavy atom. The Morgan fingerprint density at radius 3 is 1.35 bits per heavy atom. The molecule has 7 N–H and O–H groups in total. The normalized spacial score (nSPS) is 15.2. The number of phenolic OH excluding ortho intramolecular Hbond substituents is 1. The maximum Gasteiger partial charge on any atom is 0.410 e. The first-order chi connectivity index (χ1) is 57.9. The van der Waals surface area contributed by atoms with Crippen LogP contribution in [0.25, 0.3) is 0 Å². The molecule has 6 aromatic heterocycles. The summed E-state index contributed by atoms with van der Waals surface area (Å²) >= 11 is 5.51. The number of carbonyl (C=O) groups excluding carboxylic acids is 4. The number of β-amino-alcohol motifs (C(OH)–C–C–N with tert-alkyl or cyclic N) is 1. The molecule has 0 saturated heterocycles. The Kier molecular flexibility index (Phi) is 33.4. The summed E-state index contributed by atoms with van der Waals surface area (Å²) in [6.07, 6.45) is 25.7. The number of hydrogen-bond donors (Lipinski definition) is 7. The molecule has 2 saturated carbocycles. The first-order valence-electron chi connectivity index (χ1n) is 40.9. The van der Waals surface area contributed by atoms with Gasteiger partial charge in [0.1, 0.15) is 78.0 Å². The second-order valence-electron chi connectivity index (χ2n) is 32.1. The molecule has 2 atom stereocenters. The topological polar surface area (TPSA) is 371 Å². The predicted molar refractivity (Wildman–Crippen MR) is 448 cm³/mol. The molecule has 2 fully saturated rings. The number of benzene rings is 4. The van der Waals surface area contributed by atoms with Crippen LogP contribution in [0.15, 0.2) is 177 Å². The SMILES string of the molecule is CC(C)(C)OC(=O)N1CCc2cc(O)ccc2C1.CC(C)(C)OC(=O)N1CCc2cc(OCc3cnco3)ccc2C1.O=C(CC[C@H](O)CCl)c1ccnc(NC2CCC2)c1.O=C(CC[C@H](O)CN1CCc2cc(OCc3cnco3)ccc2C1)c1ccnc(NC2CCC2)c1.OCc1cnco1.c1ncc(COc2ccc3c(c2)CCNC3)o1. The molecule has 4 aliphatic heterocycles. The number of nitrogens with zero attached hydrogens (tertiary/aromatic N) is 9. The number of ether oxygens (including phenoxy) is 5. The quantitative estimate of drug-likeness (QED) is 0.0206.